The van der Waals surface area contributed by atoms with E-state index < -0.39 is 28.8 Å². The van der Waals surface area contributed by atoms with Crippen LogP contribution in [0.5, 0.6) is 0 Å². The number of benzene rings is 3. The van der Waals surface area contributed by atoms with Crippen molar-refractivity contribution in [2.75, 3.05) is 13.2 Å². The number of aromatic amines is 1. The molecule has 4 atom stereocenters. The zero-order chi connectivity index (χ0) is 45.4. The fraction of sp³-hybridized carbons (Fsp3) is 0.375. The summed E-state index contributed by atoms with van der Waals surface area (Å²) in [5.74, 6) is -0.925. The Kier molecular flexibility index (Phi) is 11.5. The van der Waals surface area contributed by atoms with Gasteiger partial charge in [-0.25, -0.2) is 23.1 Å². The molecule has 3 N–H and O–H groups in total. The Balaban J connectivity index is 0.00000281. The van der Waals surface area contributed by atoms with Crippen molar-refractivity contribution in [1.29, 1.82) is 0 Å². The van der Waals surface area contributed by atoms with Gasteiger partial charge in [0.05, 0.1) is 45.8 Å². The number of amides is 1. The van der Waals surface area contributed by atoms with E-state index in [9.17, 15) is 9.59 Å². The van der Waals surface area contributed by atoms with Crippen LogP contribution in [0, 0.1) is 31.4 Å². The van der Waals surface area contributed by atoms with Gasteiger partial charge >= 0.3 is 11.4 Å². The second-order valence-corrected chi connectivity index (χ2v) is 18.8. The molecule has 2 fully saturated rings. The van der Waals surface area contributed by atoms with Gasteiger partial charge in [-0.05, 0) is 125 Å². The van der Waals surface area contributed by atoms with Crippen molar-refractivity contribution in [1.82, 2.24) is 48.3 Å². The van der Waals surface area contributed by atoms with E-state index in [0.717, 1.165) is 29.3 Å². The van der Waals surface area contributed by atoms with Crippen molar-refractivity contribution >= 4 is 65.5 Å². The van der Waals surface area contributed by atoms with Gasteiger partial charge in [0.2, 0.25) is 0 Å². The predicted molar refractivity (Wildman–Crippen MR) is 247 cm³/mol. The van der Waals surface area contributed by atoms with E-state index in [2.05, 4.69) is 54.2 Å². The Hall–Kier alpha value is -5.66. The molecule has 3 aromatic carbocycles. The zero-order valence-electron chi connectivity index (χ0n) is 38.4. The molecular weight excluding hydrogens is 891 g/mol. The molecule has 344 valence electrons. The molecule has 1 saturated carbocycles. The number of hydrogen-bond acceptors (Lipinski definition) is 8. The number of fused-ring (bicyclic) bond motifs is 3. The van der Waals surface area contributed by atoms with Gasteiger partial charge in [-0.3, -0.25) is 28.1 Å². The fourth-order valence-corrected chi connectivity index (χ4v) is 10.8. The van der Waals surface area contributed by atoms with E-state index in [1.54, 1.807) is 65.6 Å². The van der Waals surface area contributed by atoms with Gasteiger partial charge < -0.3 is 19.7 Å². The number of carbonyl (C=O) groups excluding carboxylic acids is 1. The molecule has 0 spiro atoms. The third-order valence-corrected chi connectivity index (χ3v) is 14.2. The number of carbonyl (C=O) groups is 1. The quantitative estimate of drug-likeness (QED) is 0.182. The molecule has 8 aromatic rings. The number of nitrogens with one attached hydrogen (secondary N) is 1. The minimum atomic E-state index is -0.857. The molecule has 2 radical (unpaired) electrons. The molecule has 1 amide bonds. The Bertz CT molecular complexity index is 3390. The first-order valence-electron chi connectivity index (χ1n) is 22.0. The summed E-state index contributed by atoms with van der Waals surface area (Å²) in [6, 6.07) is 14.3. The van der Waals surface area contributed by atoms with Gasteiger partial charge in [0.15, 0.2) is 11.6 Å². The third kappa shape index (κ3) is 7.16. The second-order valence-electron chi connectivity index (χ2n) is 18.8. The van der Waals surface area contributed by atoms with E-state index in [1.165, 1.54) is 21.5 Å². The molecule has 19 heteroatoms. The molecule has 3 aliphatic rings. The first-order valence-corrected chi connectivity index (χ1v) is 22.0. The SMILES string of the molecule is Cc1cc(-n2nc3c(c2-n2ccn(-c4ccc5c(cnn5C)c4F)c2=O)[C@H](C)N(C(=O)c2cc4cc([C@H]5CCOC(C)(C)C5)ccc4n2[C@@]2(c4noc(=O)[nH]4)C[C@@H]2C)CC3)cc(C)c1F.O.[Ca]. The van der Waals surface area contributed by atoms with Gasteiger partial charge in [-0.2, -0.15) is 10.2 Å². The van der Waals surface area contributed by atoms with Crippen LogP contribution in [0.25, 0.3) is 39.0 Å². The van der Waals surface area contributed by atoms with E-state index in [0.29, 0.717) is 76.9 Å². The number of nitrogens with zero attached hydrogens (tertiary/aromatic N) is 9. The van der Waals surface area contributed by atoms with Crippen LogP contribution in [-0.2, 0) is 23.7 Å². The van der Waals surface area contributed by atoms with Crippen LogP contribution in [0.15, 0.2) is 81.2 Å². The monoisotopic (exact) mass is 940 g/mol. The maximum absolute atomic E-state index is 16.1. The maximum atomic E-state index is 16.1. The normalized spacial score (nSPS) is 21.0. The van der Waals surface area contributed by atoms with Crippen LogP contribution >= 0.6 is 0 Å². The number of hydrogen-bond donors (Lipinski definition) is 1. The predicted octanol–water partition coefficient (Wildman–Crippen LogP) is 6.24. The Morgan fingerprint density at radius 3 is 2.34 bits per heavy atom. The van der Waals surface area contributed by atoms with Crippen molar-refractivity contribution in [2.24, 2.45) is 13.0 Å². The van der Waals surface area contributed by atoms with Gasteiger partial charge in [0.1, 0.15) is 22.9 Å². The summed E-state index contributed by atoms with van der Waals surface area (Å²) < 4.78 is 50.2. The summed E-state index contributed by atoms with van der Waals surface area (Å²) in [6.45, 7) is 12.5. The largest absolute Gasteiger partial charge is 0.438 e. The Labute approximate surface area is 412 Å². The summed E-state index contributed by atoms with van der Waals surface area (Å²) in [5.41, 5.74) is 3.92. The first kappa shape index (κ1) is 46.4. The van der Waals surface area contributed by atoms with Gasteiger partial charge in [0.25, 0.3) is 5.91 Å². The molecule has 5 aromatic heterocycles. The second kappa shape index (κ2) is 16.5. The van der Waals surface area contributed by atoms with E-state index >= 15 is 13.6 Å². The topological polar surface area (TPSA) is 187 Å². The maximum Gasteiger partial charge on any atom is 0.438 e. The summed E-state index contributed by atoms with van der Waals surface area (Å²) in [5, 5.41) is 14.6. The number of H-pyrrole nitrogens is 1. The molecular formula is C48H50CaF2N10O6. The van der Waals surface area contributed by atoms with E-state index in [1.807, 2.05) is 17.6 Å². The van der Waals surface area contributed by atoms with Crippen molar-refractivity contribution < 1.29 is 28.3 Å². The Morgan fingerprint density at radius 2 is 1.66 bits per heavy atom. The van der Waals surface area contributed by atoms with Crippen LogP contribution in [0.1, 0.15) is 103 Å². The molecule has 16 nitrogen and oxygen atoms in total. The minimum Gasteiger partial charge on any atom is -0.412 e. The van der Waals surface area contributed by atoms with Gasteiger partial charge in [-0.15, -0.1) is 0 Å². The van der Waals surface area contributed by atoms with Crippen LogP contribution in [0.3, 0.4) is 0 Å². The van der Waals surface area contributed by atoms with Crippen molar-refractivity contribution in [3.05, 3.63) is 139 Å². The molecule has 1 aliphatic carbocycles. The zero-order valence-corrected chi connectivity index (χ0v) is 40.6. The molecule has 0 bridgehead atoms. The minimum absolute atomic E-state index is 0. The summed E-state index contributed by atoms with van der Waals surface area (Å²) in [6.07, 6.45) is 7.17. The molecule has 0 unspecified atom stereocenters. The van der Waals surface area contributed by atoms with Crippen LogP contribution in [0.4, 0.5) is 8.78 Å². The molecule has 11 rings (SSSR count). The van der Waals surface area contributed by atoms with E-state index in [4.69, 9.17) is 14.4 Å². The average Bonchev–Trinajstić information content (AvgIpc) is 3.90. The Morgan fingerprint density at radius 1 is 0.940 bits per heavy atom. The summed E-state index contributed by atoms with van der Waals surface area (Å²) in [7, 11) is 1.72. The number of halogens is 2. The van der Waals surface area contributed by atoms with Crippen LogP contribution in [-0.4, -0.2) is 116 Å². The first-order chi connectivity index (χ1) is 31.1. The number of rotatable bonds is 7. The number of aryl methyl sites for hydroxylation is 3. The average molecular weight is 941 g/mol. The van der Waals surface area contributed by atoms with Crippen LogP contribution < -0.4 is 11.4 Å². The molecule has 67 heavy (non-hydrogen) atoms. The standard InChI is InChI=1S/C48H48F2N10O5.Ca.H2O/c1-25-18-32(19-26(2)40(25)49)60-42(58-16-15-57(46(58)63)37-11-10-36-33(41(37)50)24-51-55(36)7)39-28(4)56(14-12-34(39)53-60)43(61)38-21-31-20-29(30-13-17-64-47(5,6)23-30)8-9-35(31)59(38)48(22-27(48)3)44-52-45(62)65-54-44;;/h8-11,15-16,18-21,24,27-28,30H,12-14,17,22-23H2,1-7H3,(H,52,54,62);;1H2/t27-,28-,30-,48-;;/m0../s1. The van der Waals surface area contributed by atoms with Crippen molar-refractivity contribution in [2.45, 2.75) is 90.3 Å². The number of ether oxygens (including phenoxy) is 1. The molecule has 7 heterocycles. The van der Waals surface area contributed by atoms with Gasteiger partial charge in [0, 0.05) is 93.2 Å². The number of aromatic nitrogens is 9. The van der Waals surface area contributed by atoms with Crippen LogP contribution in [0.2, 0.25) is 0 Å². The van der Waals surface area contributed by atoms with Crippen molar-refractivity contribution in [3.8, 4) is 17.2 Å². The summed E-state index contributed by atoms with van der Waals surface area (Å²) in [4.78, 5) is 47.2. The smallest absolute Gasteiger partial charge is 0.412 e. The van der Waals surface area contributed by atoms with Gasteiger partial charge in [-0.1, -0.05) is 18.1 Å². The molecule has 1 saturated heterocycles. The summed E-state index contributed by atoms with van der Waals surface area (Å²) >= 11 is 0. The molecule has 2 aliphatic heterocycles. The van der Waals surface area contributed by atoms with E-state index in [-0.39, 0.29) is 83.4 Å². The number of imidazole rings is 1. The fourth-order valence-electron chi connectivity index (χ4n) is 10.8. The third-order valence-electron chi connectivity index (χ3n) is 14.2. The van der Waals surface area contributed by atoms with Crippen molar-refractivity contribution in [3.63, 3.8) is 0 Å².